The molecule has 2 rings (SSSR count). The van der Waals surface area contributed by atoms with E-state index in [9.17, 15) is 0 Å². The van der Waals surface area contributed by atoms with Crippen LogP contribution in [0.15, 0.2) is 18.2 Å². The Morgan fingerprint density at radius 2 is 1.95 bits per heavy atom. The molecule has 1 atom stereocenters. The molecule has 1 saturated carbocycles. The summed E-state index contributed by atoms with van der Waals surface area (Å²) in [5.41, 5.74) is 1.31. The van der Waals surface area contributed by atoms with Crippen LogP contribution in [-0.4, -0.2) is 26.8 Å². The van der Waals surface area contributed by atoms with Crippen molar-refractivity contribution in [2.75, 3.05) is 26.8 Å². The smallest absolute Gasteiger partial charge is 0.0595 e. The Morgan fingerprint density at radius 1 is 1.19 bits per heavy atom. The van der Waals surface area contributed by atoms with E-state index in [1.165, 1.54) is 37.7 Å². The van der Waals surface area contributed by atoms with Crippen molar-refractivity contribution in [3.8, 4) is 0 Å². The number of rotatable bonds is 7. The predicted molar refractivity (Wildman–Crippen MR) is 90.5 cm³/mol. The second-order valence-corrected chi connectivity index (χ2v) is 6.69. The van der Waals surface area contributed by atoms with E-state index in [2.05, 4.69) is 11.4 Å². The molecule has 21 heavy (non-hydrogen) atoms. The Labute approximate surface area is 138 Å². The minimum atomic E-state index is 0.511. The van der Waals surface area contributed by atoms with Gasteiger partial charge in [-0.15, -0.1) is 0 Å². The number of halogens is 2. The monoisotopic (exact) mass is 329 g/mol. The molecule has 1 aliphatic rings. The first kappa shape index (κ1) is 17.1. The molecule has 0 amide bonds. The number of hydrogen-bond donors (Lipinski definition) is 1. The molecule has 1 aliphatic carbocycles. The van der Waals surface area contributed by atoms with Crippen LogP contribution in [0.2, 0.25) is 10.0 Å². The third kappa shape index (κ3) is 5.14. The van der Waals surface area contributed by atoms with Gasteiger partial charge in [0.25, 0.3) is 0 Å². The third-order valence-corrected chi connectivity index (χ3v) is 5.18. The van der Waals surface area contributed by atoms with Crippen molar-refractivity contribution >= 4 is 23.2 Å². The topological polar surface area (TPSA) is 21.3 Å². The van der Waals surface area contributed by atoms with Crippen LogP contribution in [0, 0.1) is 5.92 Å². The van der Waals surface area contributed by atoms with Crippen LogP contribution < -0.4 is 5.32 Å². The highest BCUT2D eigenvalue weighted by Crippen LogP contribution is 2.37. The molecule has 118 valence electrons. The summed E-state index contributed by atoms with van der Waals surface area (Å²) in [7, 11) is 1.74. The molecule has 0 heterocycles. The van der Waals surface area contributed by atoms with Crippen molar-refractivity contribution in [3.63, 3.8) is 0 Å². The van der Waals surface area contributed by atoms with Gasteiger partial charge < -0.3 is 10.1 Å². The summed E-state index contributed by atoms with van der Waals surface area (Å²) in [6, 6.07) is 6.09. The Hall–Kier alpha value is -0.280. The maximum absolute atomic E-state index is 6.21. The Kier molecular flexibility index (Phi) is 7.31. The van der Waals surface area contributed by atoms with E-state index in [0.29, 0.717) is 16.0 Å². The van der Waals surface area contributed by atoms with Crippen molar-refractivity contribution in [1.29, 1.82) is 0 Å². The van der Waals surface area contributed by atoms with Crippen LogP contribution in [0.1, 0.15) is 43.6 Å². The van der Waals surface area contributed by atoms with Gasteiger partial charge in [-0.25, -0.2) is 0 Å². The molecule has 1 N–H and O–H groups in total. The summed E-state index contributed by atoms with van der Waals surface area (Å²) in [6.07, 6.45) is 6.70. The predicted octanol–water partition coefficient (Wildman–Crippen LogP) is 4.89. The van der Waals surface area contributed by atoms with Gasteiger partial charge in [-0.3, -0.25) is 0 Å². The van der Waals surface area contributed by atoms with Gasteiger partial charge in [0.2, 0.25) is 0 Å². The van der Waals surface area contributed by atoms with Gasteiger partial charge in [0, 0.05) is 20.2 Å². The van der Waals surface area contributed by atoms with E-state index in [1.54, 1.807) is 7.11 Å². The van der Waals surface area contributed by atoms with Crippen LogP contribution in [-0.2, 0) is 4.74 Å². The van der Waals surface area contributed by atoms with E-state index in [1.807, 2.05) is 12.1 Å². The van der Waals surface area contributed by atoms with Crippen LogP contribution >= 0.6 is 23.2 Å². The van der Waals surface area contributed by atoms with Gasteiger partial charge in [0.1, 0.15) is 0 Å². The molecule has 0 bridgehead atoms. The zero-order valence-electron chi connectivity index (χ0n) is 12.7. The molecule has 0 spiro atoms. The SMILES string of the molecule is COCCNCC(c1ccc(Cl)c(Cl)c1)C1CCCCC1. The zero-order valence-corrected chi connectivity index (χ0v) is 14.2. The Morgan fingerprint density at radius 3 is 2.62 bits per heavy atom. The van der Waals surface area contributed by atoms with E-state index in [0.717, 1.165) is 25.6 Å². The van der Waals surface area contributed by atoms with Crippen molar-refractivity contribution < 1.29 is 4.74 Å². The maximum atomic E-state index is 6.21. The fourth-order valence-corrected chi connectivity index (χ4v) is 3.57. The molecule has 0 radical (unpaired) electrons. The lowest BCUT2D eigenvalue weighted by molar-refractivity contribution is 0.196. The summed E-state index contributed by atoms with van der Waals surface area (Å²) < 4.78 is 5.11. The standard InChI is InChI=1S/C17H25Cl2NO/c1-21-10-9-20-12-15(13-5-3-2-4-6-13)14-7-8-16(18)17(19)11-14/h7-8,11,13,15,20H,2-6,9-10,12H2,1H3. The highest BCUT2D eigenvalue weighted by atomic mass is 35.5. The number of benzene rings is 1. The van der Waals surface area contributed by atoms with Gasteiger partial charge in [-0.2, -0.15) is 0 Å². The third-order valence-electron chi connectivity index (χ3n) is 4.44. The highest BCUT2D eigenvalue weighted by molar-refractivity contribution is 6.42. The van der Waals surface area contributed by atoms with Gasteiger partial charge >= 0.3 is 0 Å². The summed E-state index contributed by atoms with van der Waals surface area (Å²) in [5.74, 6) is 1.25. The van der Waals surface area contributed by atoms with E-state index < -0.39 is 0 Å². The quantitative estimate of drug-likeness (QED) is 0.719. The molecular weight excluding hydrogens is 305 g/mol. The van der Waals surface area contributed by atoms with Crippen molar-refractivity contribution in [2.45, 2.75) is 38.0 Å². The summed E-state index contributed by atoms with van der Waals surface area (Å²) >= 11 is 12.3. The lowest BCUT2D eigenvalue weighted by Gasteiger charge is -2.31. The lowest BCUT2D eigenvalue weighted by atomic mass is 9.77. The number of ether oxygens (including phenoxy) is 1. The number of methoxy groups -OCH3 is 1. The molecule has 1 fully saturated rings. The average molecular weight is 330 g/mol. The van der Waals surface area contributed by atoms with Gasteiger partial charge in [-0.1, -0.05) is 48.5 Å². The maximum Gasteiger partial charge on any atom is 0.0595 e. The van der Waals surface area contributed by atoms with Gasteiger partial charge in [0.05, 0.1) is 16.7 Å². The van der Waals surface area contributed by atoms with Crippen molar-refractivity contribution in [2.24, 2.45) is 5.92 Å². The highest BCUT2D eigenvalue weighted by Gasteiger charge is 2.25. The fraction of sp³-hybridized carbons (Fsp3) is 0.647. The molecule has 2 nitrogen and oxygen atoms in total. The van der Waals surface area contributed by atoms with E-state index in [4.69, 9.17) is 27.9 Å². The first-order valence-corrected chi connectivity index (χ1v) is 8.62. The summed E-state index contributed by atoms with van der Waals surface area (Å²) in [4.78, 5) is 0. The van der Waals surface area contributed by atoms with E-state index in [-0.39, 0.29) is 0 Å². The normalized spacial score (nSPS) is 17.9. The molecule has 4 heteroatoms. The second-order valence-electron chi connectivity index (χ2n) is 5.88. The number of nitrogens with one attached hydrogen (secondary N) is 1. The van der Waals surface area contributed by atoms with Crippen LogP contribution in [0.3, 0.4) is 0 Å². The summed E-state index contributed by atoms with van der Waals surface area (Å²) in [6.45, 7) is 2.62. The minimum absolute atomic E-state index is 0.511. The Bertz CT molecular complexity index is 433. The van der Waals surface area contributed by atoms with Crippen LogP contribution in [0.25, 0.3) is 0 Å². The molecule has 0 saturated heterocycles. The molecule has 0 aliphatic heterocycles. The largest absolute Gasteiger partial charge is 0.383 e. The van der Waals surface area contributed by atoms with Crippen LogP contribution in [0.4, 0.5) is 0 Å². The minimum Gasteiger partial charge on any atom is -0.383 e. The molecule has 0 aromatic heterocycles. The molecule has 1 aromatic rings. The van der Waals surface area contributed by atoms with Crippen molar-refractivity contribution in [1.82, 2.24) is 5.32 Å². The first-order valence-electron chi connectivity index (χ1n) is 7.87. The van der Waals surface area contributed by atoms with Gasteiger partial charge in [0.15, 0.2) is 0 Å². The average Bonchev–Trinajstić information content (AvgIpc) is 2.51. The van der Waals surface area contributed by atoms with Gasteiger partial charge in [-0.05, 0) is 42.4 Å². The first-order chi connectivity index (χ1) is 10.2. The fourth-order valence-electron chi connectivity index (χ4n) is 3.27. The van der Waals surface area contributed by atoms with Crippen molar-refractivity contribution in [3.05, 3.63) is 33.8 Å². The Balaban J connectivity index is 2.07. The molecule has 1 unspecified atom stereocenters. The van der Waals surface area contributed by atoms with E-state index >= 15 is 0 Å². The lowest BCUT2D eigenvalue weighted by Crippen LogP contribution is -2.30. The summed E-state index contributed by atoms with van der Waals surface area (Å²) in [5, 5.41) is 4.81. The molecular formula is C17H25Cl2NO. The number of hydrogen-bond acceptors (Lipinski definition) is 2. The molecule has 1 aromatic carbocycles. The zero-order chi connectivity index (χ0) is 15.1. The second kappa shape index (κ2) is 8.99. The van der Waals surface area contributed by atoms with Crippen LogP contribution in [0.5, 0.6) is 0 Å².